The Balaban J connectivity index is 2.22. The number of nitrogens with zero attached hydrogens (tertiary/aromatic N) is 2. The van der Waals surface area contributed by atoms with Crippen molar-refractivity contribution in [1.29, 1.82) is 0 Å². The Hall–Kier alpha value is -2.34. The molecule has 0 aliphatic carbocycles. The zero-order valence-electron chi connectivity index (χ0n) is 12.4. The highest BCUT2D eigenvalue weighted by Gasteiger charge is 2.24. The average Bonchev–Trinajstić information content (AvgIpc) is 2.79. The van der Waals surface area contributed by atoms with Gasteiger partial charge in [-0.3, -0.25) is 9.69 Å². The van der Waals surface area contributed by atoms with Gasteiger partial charge in [-0.05, 0) is 30.3 Å². The monoisotopic (exact) mass is 302 g/mol. The minimum Gasteiger partial charge on any atom is -0.480 e. The van der Waals surface area contributed by atoms with Crippen LogP contribution in [0.4, 0.5) is 0 Å². The molecule has 2 aromatic rings. The van der Waals surface area contributed by atoms with Gasteiger partial charge >= 0.3 is 11.9 Å². The number of fused-ring (bicyclic) bond motifs is 3. The maximum Gasteiger partial charge on any atom is 0.335 e. The Kier molecular flexibility index (Phi) is 3.62. The second-order valence-corrected chi connectivity index (χ2v) is 5.56. The van der Waals surface area contributed by atoms with Crippen LogP contribution in [0.5, 0.6) is 0 Å². The molecule has 1 aromatic carbocycles. The number of hydrogen-bond donors (Lipinski definition) is 2. The summed E-state index contributed by atoms with van der Waals surface area (Å²) in [5, 5.41) is 19.2. The average molecular weight is 302 g/mol. The standard InChI is InChI=1S/C16H18N2O4/c1-2-17-6-5-14-12(8-17)11-7-10(16(21)22)3-4-13(11)18(14)9-15(19)20/h3-4,7H,2,5-6,8-9H2,1H3,(H,19,20)(H,21,22). The number of carboxylic acids is 2. The van der Waals surface area contributed by atoms with Gasteiger partial charge in [-0.1, -0.05) is 6.92 Å². The maximum absolute atomic E-state index is 11.2. The van der Waals surface area contributed by atoms with Crippen LogP contribution in [-0.2, 0) is 24.3 Å². The third-order valence-corrected chi connectivity index (χ3v) is 4.32. The fraction of sp³-hybridized carbons (Fsp3) is 0.375. The van der Waals surface area contributed by atoms with Gasteiger partial charge < -0.3 is 14.8 Å². The topological polar surface area (TPSA) is 82.8 Å². The van der Waals surface area contributed by atoms with Gasteiger partial charge in [0.1, 0.15) is 6.54 Å². The zero-order valence-corrected chi connectivity index (χ0v) is 12.4. The molecule has 2 N–H and O–H groups in total. The third kappa shape index (κ3) is 2.35. The Bertz CT molecular complexity index is 763. The Morgan fingerprint density at radius 3 is 2.68 bits per heavy atom. The molecular formula is C16H18N2O4. The first-order valence-electron chi connectivity index (χ1n) is 7.32. The number of hydrogen-bond acceptors (Lipinski definition) is 3. The van der Waals surface area contributed by atoms with Crippen LogP contribution in [0.2, 0.25) is 0 Å². The number of aliphatic carboxylic acids is 1. The molecule has 0 saturated heterocycles. The normalized spacial score (nSPS) is 15.0. The Morgan fingerprint density at radius 1 is 1.27 bits per heavy atom. The molecule has 22 heavy (non-hydrogen) atoms. The summed E-state index contributed by atoms with van der Waals surface area (Å²) in [6.07, 6.45) is 0.785. The molecular weight excluding hydrogens is 284 g/mol. The van der Waals surface area contributed by atoms with Crippen LogP contribution in [-0.4, -0.2) is 44.7 Å². The molecule has 3 rings (SSSR count). The second kappa shape index (κ2) is 5.46. The lowest BCUT2D eigenvalue weighted by atomic mass is 10.0. The lowest BCUT2D eigenvalue weighted by molar-refractivity contribution is -0.137. The molecule has 1 aliphatic rings. The number of benzene rings is 1. The highest BCUT2D eigenvalue weighted by Crippen LogP contribution is 2.31. The SMILES string of the molecule is CCN1CCc2c(c3cc(C(=O)O)ccc3n2CC(=O)O)C1. The molecule has 0 bridgehead atoms. The van der Waals surface area contributed by atoms with Crippen molar-refractivity contribution in [2.24, 2.45) is 0 Å². The molecule has 6 nitrogen and oxygen atoms in total. The summed E-state index contributed by atoms with van der Waals surface area (Å²) in [7, 11) is 0. The van der Waals surface area contributed by atoms with E-state index in [0.29, 0.717) is 0 Å². The smallest absolute Gasteiger partial charge is 0.335 e. The van der Waals surface area contributed by atoms with Gasteiger partial charge in [-0.25, -0.2) is 4.79 Å². The largest absolute Gasteiger partial charge is 0.480 e. The van der Waals surface area contributed by atoms with Crippen molar-refractivity contribution in [3.8, 4) is 0 Å². The van der Waals surface area contributed by atoms with E-state index < -0.39 is 11.9 Å². The molecule has 2 heterocycles. The Labute approximate surface area is 127 Å². The van der Waals surface area contributed by atoms with E-state index in [-0.39, 0.29) is 12.1 Å². The van der Waals surface area contributed by atoms with E-state index in [1.54, 1.807) is 12.1 Å². The van der Waals surface area contributed by atoms with Gasteiger partial charge in [-0.2, -0.15) is 0 Å². The lowest BCUT2D eigenvalue weighted by Crippen LogP contribution is -2.31. The number of rotatable bonds is 4. The fourth-order valence-electron chi connectivity index (χ4n) is 3.22. The van der Waals surface area contributed by atoms with Crippen LogP contribution in [0.15, 0.2) is 18.2 Å². The van der Waals surface area contributed by atoms with Crippen LogP contribution in [0.25, 0.3) is 10.9 Å². The summed E-state index contributed by atoms with van der Waals surface area (Å²) in [6, 6.07) is 4.91. The highest BCUT2D eigenvalue weighted by molar-refractivity contribution is 5.96. The van der Waals surface area contributed by atoms with Crippen LogP contribution >= 0.6 is 0 Å². The summed E-state index contributed by atoms with van der Waals surface area (Å²) in [5.41, 5.74) is 3.11. The van der Waals surface area contributed by atoms with E-state index in [1.807, 2.05) is 4.57 Å². The number of carbonyl (C=O) groups is 2. The third-order valence-electron chi connectivity index (χ3n) is 4.32. The van der Waals surface area contributed by atoms with E-state index in [9.17, 15) is 14.7 Å². The maximum atomic E-state index is 11.2. The minimum absolute atomic E-state index is 0.0929. The van der Waals surface area contributed by atoms with Crippen LogP contribution in [0, 0.1) is 0 Å². The summed E-state index contributed by atoms with van der Waals surface area (Å²) in [6.45, 7) is 4.54. The van der Waals surface area contributed by atoms with E-state index in [1.165, 1.54) is 6.07 Å². The van der Waals surface area contributed by atoms with Gasteiger partial charge in [-0.15, -0.1) is 0 Å². The molecule has 116 valence electrons. The van der Waals surface area contributed by atoms with Crippen LogP contribution in [0.1, 0.15) is 28.5 Å². The molecule has 0 amide bonds. The Morgan fingerprint density at radius 2 is 2.05 bits per heavy atom. The number of aromatic nitrogens is 1. The van der Waals surface area contributed by atoms with E-state index >= 15 is 0 Å². The lowest BCUT2D eigenvalue weighted by Gasteiger charge is -2.26. The van der Waals surface area contributed by atoms with E-state index in [4.69, 9.17) is 5.11 Å². The summed E-state index contributed by atoms with van der Waals surface area (Å²) in [5.74, 6) is -1.86. The van der Waals surface area contributed by atoms with Gasteiger partial charge in [0, 0.05) is 36.1 Å². The van der Waals surface area contributed by atoms with Gasteiger partial charge in [0.25, 0.3) is 0 Å². The van der Waals surface area contributed by atoms with Crippen LogP contribution in [0.3, 0.4) is 0 Å². The predicted octanol–water partition coefficient (Wildman–Crippen LogP) is 1.80. The molecule has 0 spiro atoms. The molecule has 0 unspecified atom stereocenters. The molecule has 0 fully saturated rings. The van der Waals surface area contributed by atoms with Gasteiger partial charge in [0.15, 0.2) is 0 Å². The van der Waals surface area contributed by atoms with Crippen molar-refractivity contribution >= 4 is 22.8 Å². The van der Waals surface area contributed by atoms with E-state index in [0.717, 1.165) is 48.2 Å². The van der Waals surface area contributed by atoms with Gasteiger partial charge in [0.05, 0.1) is 5.56 Å². The molecule has 6 heteroatoms. The molecule has 0 saturated carbocycles. The van der Waals surface area contributed by atoms with Crippen molar-refractivity contribution in [3.05, 3.63) is 35.0 Å². The first kappa shape index (κ1) is 14.6. The summed E-state index contributed by atoms with van der Waals surface area (Å²) >= 11 is 0. The number of likely N-dealkylation sites (N-methyl/N-ethyl adjacent to an activating group) is 1. The predicted molar refractivity (Wildman–Crippen MR) is 81.2 cm³/mol. The number of aromatic carboxylic acids is 1. The minimum atomic E-state index is -0.968. The molecule has 1 aliphatic heterocycles. The van der Waals surface area contributed by atoms with Crippen molar-refractivity contribution in [1.82, 2.24) is 9.47 Å². The zero-order chi connectivity index (χ0) is 15.9. The van der Waals surface area contributed by atoms with Gasteiger partial charge in [0.2, 0.25) is 0 Å². The first-order valence-corrected chi connectivity index (χ1v) is 7.32. The van der Waals surface area contributed by atoms with Crippen LogP contribution < -0.4 is 0 Å². The second-order valence-electron chi connectivity index (χ2n) is 5.56. The molecule has 0 atom stereocenters. The van der Waals surface area contributed by atoms with Crippen molar-refractivity contribution in [3.63, 3.8) is 0 Å². The summed E-state index contributed by atoms with van der Waals surface area (Å²) in [4.78, 5) is 24.7. The molecule has 1 aromatic heterocycles. The first-order chi connectivity index (χ1) is 10.5. The molecule has 0 radical (unpaired) electrons. The number of carboxylic acid groups (broad SMARTS) is 2. The van der Waals surface area contributed by atoms with Crippen molar-refractivity contribution in [2.75, 3.05) is 13.1 Å². The van der Waals surface area contributed by atoms with E-state index in [2.05, 4.69) is 11.8 Å². The van der Waals surface area contributed by atoms with Crippen molar-refractivity contribution in [2.45, 2.75) is 26.4 Å². The van der Waals surface area contributed by atoms with Crippen molar-refractivity contribution < 1.29 is 19.8 Å². The summed E-state index contributed by atoms with van der Waals surface area (Å²) < 4.78 is 1.81. The highest BCUT2D eigenvalue weighted by atomic mass is 16.4. The quantitative estimate of drug-likeness (QED) is 0.900. The fourth-order valence-corrected chi connectivity index (χ4v) is 3.22.